The summed E-state index contributed by atoms with van der Waals surface area (Å²) in [7, 11) is 0. The molecule has 16 nitrogen and oxygen atoms in total. The number of amides is 4. The van der Waals surface area contributed by atoms with E-state index in [4.69, 9.17) is 11.3 Å². The highest BCUT2D eigenvalue weighted by Crippen LogP contribution is 2.13. The molecule has 0 saturated heterocycles. The van der Waals surface area contributed by atoms with Crippen molar-refractivity contribution in [1.29, 1.82) is 0 Å². The van der Waals surface area contributed by atoms with Gasteiger partial charge in [0.05, 0.1) is 19.1 Å². The average molecular weight is 875 g/mol. The lowest BCUT2D eigenvalue weighted by atomic mass is 10.0. The summed E-state index contributed by atoms with van der Waals surface area (Å²) < 4.78 is 0. The summed E-state index contributed by atoms with van der Waals surface area (Å²) in [5.41, 5.74) is 17.4. The van der Waals surface area contributed by atoms with E-state index in [0.717, 1.165) is 0 Å². The van der Waals surface area contributed by atoms with Crippen molar-refractivity contribution in [3.05, 3.63) is 143 Å². The van der Waals surface area contributed by atoms with Crippen molar-refractivity contribution in [3.8, 4) is 0 Å². The molecule has 0 unspecified atom stereocenters. The molecule has 0 spiro atoms. The van der Waals surface area contributed by atoms with Gasteiger partial charge in [-0.25, -0.2) is 0 Å². The number of para-hydroxylation sites is 2. The molecule has 0 radical (unpaired) electrons. The van der Waals surface area contributed by atoms with Crippen LogP contribution in [0.1, 0.15) is 74.1 Å². The molecule has 0 aromatic heterocycles. The normalized spacial score (nSPS) is 12.5. The van der Waals surface area contributed by atoms with E-state index in [0.29, 0.717) is 54.9 Å². The van der Waals surface area contributed by atoms with Crippen LogP contribution in [0.5, 0.6) is 0 Å². The zero-order valence-electron chi connectivity index (χ0n) is 37.0. The number of Topliss-reactive ketones (excluding diaryl/α,β-unsaturated/α-hetero) is 2. The van der Waals surface area contributed by atoms with Gasteiger partial charge in [0.2, 0.25) is 23.6 Å². The fourth-order valence-electron chi connectivity index (χ4n) is 6.24. The highest BCUT2D eigenvalue weighted by Gasteiger charge is 2.27. The standard InChI is InChI=1S/C24H30N6O3.C24H32N4O3/c1-17(2)15-21(24(33)27-19-11-7-4-8-12-19)28-23(32)20(29-30-25)13-14-26-16-22(31)18-9-5-3-6-10-18;1-17(2)15-21(24(31)27-19-11-7-4-8-12-19)28-23(30)20(25)13-14-26-16-22(29)18-9-5-3-6-10-18/h3-12,17,20-21,26H,13-16H2,1-2H3,(H,27,33)(H,28,32);3-12,17,20-21,26H,13-16,25H2,1-2H3,(H,27,31)(H,28,30)/t2*20-,21-/m00/s1. The van der Waals surface area contributed by atoms with E-state index in [2.05, 4.69) is 41.9 Å². The number of anilines is 2. The third-order valence-corrected chi connectivity index (χ3v) is 9.58. The van der Waals surface area contributed by atoms with Crippen LogP contribution in [0.4, 0.5) is 11.4 Å². The number of hydrogen-bond acceptors (Lipinski definition) is 10. The first-order valence-electron chi connectivity index (χ1n) is 21.5. The predicted molar refractivity (Wildman–Crippen MR) is 250 cm³/mol. The smallest absolute Gasteiger partial charge is 0.246 e. The lowest BCUT2D eigenvalue weighted by Crippen LogP contribution is -2.51. The van der Waals surface area contributed by atoms with Crippen LogP contribution < -0.4 is 37.6 Å². The van der Waals surface area contributed by atoms with Crippen molar-refractivity contribution in [3.63, 3.8) is 0 Å². The maximum Gasteiger partial charge on any atom is 0.246 e. The molecule has 0 aliphatic carbocycles. The Labute approximate surface area is 375 Å². The van der Waals surface area contributed by atoms with Crippen LogP contribution in [0.2, 0.25) is 0 Å². The molecule has 4 amide bonds. The first kappa shape index (κ1) is 51.6. The molecule has 0 bridgehead atoms. The van der Waals surface area contributed by atoms with Crippen molar-refractivity contribution in [2.75, 3.05) is 36.8 Å². The number of carbonyl (C=O) groups excluding carboxylic acids is 6. The summed E-state index contributed by atoms with van der Waals surface area (Å²) in [6.07, 6.45) is 1.47. The zero-order valence-corrected chi connectivity index (χ0v) is 37.0. The average Bonchev–Trinajstić information content (AvgIpc) is 3.29. The Kier molecular flexibility index (Phi) is 23.2. The van der Waals surface area contributed by atoms with Gasteiger partial charge < -0.3 is 37.6 Å². The zero-order chi connectivity index (χ0) is 46.7. The summed E-state index contributed by atoms with van der Waals surface area (Å²) in [4.78, 5) is 77.7. The van der Waals surface area contributed by atoms with E-state index < -0.39 is 30.1 Å². The molecule has 340 valence electrons. The molecule has 64 heavy (non-hydrogen) atoms. The number of nitrogens with one attached hydrogen (secondary N) is 6. The van der Waals surface area contributed by atoms with Crippen molar-refractivity contribution >= 4 is 46.6 Å². The summed E-state index contributed by atoms with van der Waals surface area (Å²) in [5, 5.41) is 20.7. The molecule has 0 fully saturated rings. The Balaban J connectivity index is 0.000000341. The SMILES string of the molecule is CC(C)C[C@H](NC(=O)[C@@H](N)CCNCC(=O)c1ccccc1)C(=O)Nc1ccccc1.CC(C)C[C@H](NC(=O)[C@H](CCNCC(=O)c1ccccc1)N=[N+]=[N-])C(=O)Nc1ccccc1. The number of ketones is 2. The van der Waals surface area contributed by atoms with E-state index in [9.17, 15) is 28.8 Å². The Morgan fingerprint density at radius 2 is 0.922 bits per heavy atom. The third kappa shape index (κ3) is 20.0. The quantitative estimate of drug-likeness (QED) is 0.0135. The highest BCUT2D eigenvalue weighted by atomic mass is 16.2. The van der Waals surface area contributed by atoms with E-state index in [-0.39, 0.29) is 60.6 Å². The van der Waals surface area contributed by atoms with Gasteiger partial charge in [-0.05, 0) is 80.4 Å². The minimum atomic E-state index is -1.01. The number of nitrogens with two attached hydrogens (primary N) is 1. The number of benzene rings is 4. The maximum absolute atomic E-state index is 12.8. The lowest BCUT2D eigenvalue weighted by molar-refractivity contribution is -0.127. The number of rotatable bonds is 25. The highest BCUT2D eigenvalue weighted by molar-refractivity contribution is 5.99. The Bertz CT molecular complexity index is 2100. The van der Waals surface area contributed by atoms with Gasteiger partial charge in [-0.3, -0.25) is 28.8 Å². The summed E-state index contributed by atoms with van der Waals surface area (Å²) in [6, 6.07) is 32.7. The monoisotopic (exact) mass is 874 g/mol. The second kappa shape index (κ2) is 28.8. The molecule has 16 heteroatoms. The van der Waals surface area contributed by atoms with Crippen LogP contribution in [0.25, 0.3) is 10.4 Å². The molecule has 8 N–H and O–H groups in total. The molecule has 0 saturated carbocycles. The predicted octanol–water partition coefficient (Wildman–Crippen LogP) is 6.04. The number of carbonyl (C=O) groups is 6. The first-order chi connectivity index (χ1) is 30.8. The minimum Gasteiger partial charge on any atom is -0.344 e. The van der Waals surface area contributed by atoms with Gasteiger partial charge >= 0.3 is 0 Å². The molecule has 4 rings (SSSR count). The fourth-order valence-corrected chi connectivity index (χ4v) is 6.24. The van der Waals surface area contributed by atoms with Gasteiger partial charge in [0.15, 0.2) is 11.6 Å². The Morgan fingerprint density at radius 1 is 0.547 bits per heavy atom. The summed E-state index contributed by atoms with van der Waals surface area (Å²) in [6.45, 7) is 8.86. The fraction of sp³-hybridized carbons (Fsp3) is 0.375. The first-order valence-corrected chi connectivity index (χ1v) is 21.5. The van der Waals surface area contributed by atoms with E-state index in [1.165, 1.54) is 0 Å². The second-order valence-electron chi connectivity index (χ2n) is 15.9. The van der Waals surface area contributed by atoms with Gasteiger partial charge in [0.25, 0.3) is 0 Å². The van der Waals surface area contributed by atoms with E-state index >= 15 is 0 Å². The number of nitrogens with zero attached hydrogens (tertiary/aromatic N) is 3. The second-order valence-corrected chi connectivity index (χ2v) is 15.9. The lowest BCUT2D eigenvalue weighted by Gasteiger charge is -2.22. The van der Waals surface area contributed by atoms with Crippen molar-refractivity contribution in [2.45, 2.75) is 77.5 Å². The maximum atomic E-state index is 12.8. The van der Waals surface area contributed by atoms with Crippen LogP contribution in [-0.4, -0.2) is 85.5 Å². The van der Waals surface area contributed by atoms with Crippen molar-refractivity contribution in [1.82, 2.24) is 21.3 Å². The molecular weight excluding hydrogens is 813 g/mol. The van der Waals surface area contributed by atoms with Gasteiger partial charge in [-0.15, -0.1) is 0 Å². The number of hydrogen-bond donors (Lipinski definition) is 7. The molecule has 0 aliphatic heterocycles. The third-order valence-electron chi connectivity index (χ3n) is 9.58. The minimum absolute atomic E-state index is 0.0202. The Morgan fingerprint density at radius 3 is 1.31 bits per heavy atom. The van der Waals surface area contributed by atoms with Crippen LogP contribution in [0.3, 0.4) is 0 Å². The van der Waals surface area contributed by atoms with Crippen molar-refractivity contribution in [2.24, 2.45) is 22.7 Å². The largest absolute Gasteiger partial charge is 0.344 e. The molecule has 4 atom stereocenters. The van der Waals surface area contributed by atoms with Crippen LogP contribution in [0.15, 0.2) is 126 Å². The molecule has 0 aliphatic rings. The van der Waals surface area contributed by atoms with Crippen LogP contribution >= 0.6 is 0 Å². The molecular formula is C48H62N10O6. The number of azide groups is 1. The summed E-state index contributed by atoms with van der Waals surface area (Å²) >= 11 is 0. The van der Waals surface area contributed by atoms with Crippen molar-refractivity contribution < 1.29 is 28.8 Å². The van der Waals surface area contributed by atoms with E-state index in [1.807, 2.05) is 76.2 Å². The molecule has 4 aromatic carbocycles. The van der Waals surface area contributed by atoms with Gasteiger partial charge in [-0.1, -0.05) is 130 Å². The van der Waals surface area contributed by atoms with E-state index in [1.54, 1.807) is 72.8 Å². The van der Waals surface area contributed by atoms with Gasteiger partial charge in [0, 0.05) is 27.4 Å². The van der Waals surface area contributed by atoms with Crippen LogP contribution in [0, 0.1) is 11.8 Å². The van der Waals surface area contributed by atoms with Gasteiger partial charge in [0.1, 0.15) is 18.1 Å². The molecule has 0 heterocycles. The topological polar surface area (TPSA) is 249 Å². The van der Waals surface area contributed by atoms with Gasteiger partial charge in [-0.2, -0.15) is 0 Å². The summed E-state index contributed by atoms with van der Waals surface area (Å²) in [5.74, 6) is -1.25. The Hall–Kier alpha value is -6.71. The van der Waals surface area contributed by atoms with Crippen LogP contribution in [-0.2, 0) is 19.2 Å². The molecule has 4 aromatic rings.